The second-order valence-electron chi connectivity index (χ2n) is 7.21. The number of hydrogen-bond acceptors (Lipinski definition) is 5. The molecule has 1 amide bonds. The van der Waals surface area contributed by atoms with Crippen LogP contribution in [0.15, 0.2) is 59.5 Å². The highest BCUT2D eigenvalue weighted by Gasteiger charge is 2.31. The number of carbonyl (C=O) groups excluding carboxylic acids is 2. The van der Waals surface area contributed by atoms with Gasteiger partial charge < -0.3 is 4.74 Å². The summed E-state index contributed by atoms with van der Waals surface area (Å²) in [5.74, 6) is -2.47. The van der Waals surface area contributed by atoms with E-state index in [0.29, 0.717) is 5.92 Å². The molecule has 6 nitrogen and oxygen atoms in total. The zero-order chi connectivity index (χ0) is 21.4. The Bertz CT molecular complexity index is 921. The Morgan fingerprint density at radius 1 is 0.931 bits per heavy atom. The van der Waals surface area contributed by atoms with E-state index in [-0.39, 0.29) is 17.9 Å². The fourth-order valence-corrected chi connectivity index (χ4v) is 3.93. The van der Waals surface area contributed by atoms with E-state index >= 15 is 0 Å². The van der Waals surface area contributed by atoms with Crippen molar-refractivity contribution in [1.29, 1.82) is 0 Å². The normalized spacial score (nSPS) is 12.4. The fraction of sp³-hybridized carbons (Fsp3) is 0.364. The fourth-order valence-electron chi connectivity index (χ4n) is 2.91. The first-order valence-corrected chi connectivity index (χ1v) is 11.1. The molecule has 1 unspecified atom stereocenters. The third-order valence-corrected chi connectivity index (χ3v) is 5.65. The quantitative estimate of drug-likeness (QED) is 0.500. The van der Waals surface area contributed by atoms with Crippen LogP contribution in [-0.2, 0) is 37.2 Å². The first-order valence-electron chi connectivity index (χ1n) is 9.59. The lowest BCUT2D eigenvalue weighted by molar-refractivity contribution is -0.151. The van der Waals surface area contributed by atoms with Gasteiger partial charge in [0.2, 0.25) is 5.91 Å². The molecule has 0 fully saturated rings. The smallest absolute Gasteiger partial charge is 0.318 e. The van der Waals surface area contributed by atoms with Crippen molar-refractivity contribution in [3.63, 3.8) is 0 Å². The van der Waals surface area contributed by atoms with Gasteiger partial charge in [0.05, 0.1) is 11.5 Å². The van der Waals surface area contributed by atoms with E-state index in [4.69, 9.17) is 4.74 Å². The van der Waals surface area contributed by atoms with Crippen LogP contribution in [0, 0.1) is 11.8 Å². The lowest BCUT2D eigenvalue weighted by Gasteiger charge is -2.16. The van der Waals surface area contributed by atoms with E-state index < -0.39 is 27.8 Å². The lowest BCUT2D eigenvalue weighted by atomic mass is 9.99. The largest absolute Gasteiger partial charge is 0.465 e. The summed E-state index contributed by atoms with van der Waals surface area (Å²) in [6.07, 6.45) is 0.878. The number of carbonyl (C=O) groups is 2. The zero-order valence-electron chi connectivity index (χ0n) is 16.9. The standard InChI is InChI=1S/C22H27NO5S/c1-4-28-22(25)20(15-17-8-6-5-7-9-17)21(24)23-29(26,27)19-12-10-18(11-13-19)14-16(2)3/h5-13,16,20H,4,14-15H2,1-3H3,(H,23,24). The second-order valence-corrected chi connectivity index (χ2v) is 8.89. The van der Waals surface area contributed by atoms with Gasteiger partial charge in [-0.3, -0.25) is 9.59 Å². The number of rotatable bonds is 9. The van der Waals surface area contributed by atoms with E-state index in [1.165, 1.54) is 12.1 Å². The van der Waals surface area contributed by atoms with Crippen molar-refractivity contribution in [2.45, 2.75) is 38.5 Å². The van der Waals surface area contributed by atoms with Gasteiger partial charge in [0, 0.05) is 0 Å². The molecular weight excluding hydrogens is 390 g/mol. The van der Waals surface area contributed by atoms with Gasteiger partial charge in [-0.2, -0.15) is 0 Å². The van der Waals surface area contributed by atoms with Gasteiger partial charge >= 0.3 is 5.97 Å². The second kappa shape index (κ2) is 10.2. The minimum absolute atomic E-state index is 0.0272. The molecule has 0 aliphatic carbocycles. The average Bonchev–Trinajstić information content (AvgIpc) is 2.66. The van der Waals surface area contributed by atoms with Crippen LogP contribution in [0.2, 0.25) is 0 Å². The molecule has 2 aromatic rings. The van der Waals surface area contributed by atoms with Crippen LogP contribution in [0.4, 0.5) is 0 Å². The molecule has 0 spiro atoms. The maximum atomic E-state index is 12.7. The Balaban J connectivity index is 2.18. The zero-order valence-corrected chi connectivity index (χ0v) is 17.7. The van der Waals surface area contributed by atoms with Crippen LogP contribution in [0.25, 0.3) is 0 Å². The Kier molecular flexibility index (Phi) is 7.96. The Labute approximate surface area is 172 Å². The predicted molar refractivity (Wildman–Crippen MR) is 111 cm³/mol. The van der Waals surface area contributed by atoms with Crippen LogP contribution in [0.3, 0.4) is 0 Å². The van der Waals surface area contributed by atoms with Crippen molar-refractivity contribution in [3.05, 3.63) is 65.7 Å². The van der Waals surface area contributed by atoms with Crippen LogP contribution in [0.1, 0.15) is 31.9 Å². The van der Waals surface area contributed by atoms with Crippen molar-refractivity contribution < 1.29 is 22.7 Å². The first kappa shape index (κ1) is 22.6. The molecule has 0 radical (unpaired) electrons. The minimum atomic E-state index is -4.10. The van der Waals surface area contributed by atoms with E-state index in [1.54, 1.807) is 43.3 Å². The predicted octanol–water partition coefficient (Wildman–Crippen LogP) is 3.11. The summed E-state index contributed by atoms with van der Waals surface area (Å²) in [4.78, 5) is 24.9. The third-order valence-electron chi connectivity index (χ3n) is 4.28. The summed E-state index contributed by atoms with van der Waals surface area (Å²) in [6.45, 7) is 5.88. The number of sulfonamides is 1. The number of amides is 1. The molecule has 0 saturated carbocycles. The average molecular weight is 418 g/mol. The molecule has 156 valence electrons. The number of esters is 1. The lowest BCUT2D eigenvalue weighted by Crippen LogP contribution is -2.40. The van der Waals surface area contributed by atoms with Crippen LogP contribution in [0.5, 0.6) is 0 Å². The molecule has 0 aliphatic rings. The van der Waals surface area contributed by atoms with Crippen LogP contribution in [-0.4, -0.2) is 26.9 Å². The number of nitrogens with one attached hydrogen (secondary N) is 1. The molecule has 29 heavy (non-hydrogen) atoms. The first-order chi connectivity index (χ1) is 13.7. The molecule has 0 aliphatic heterocycles. The third kappa shape index (κ3) is 6.71. The van der Waals surface area contributed by atoms with Gasteiger partial charge in [0.25, 0.3) is 10.0 Å². The summed E-state index contributed by atoms with van der Waals surface area (Å²) in [6, 6.07) is 15.3. The van der Waals surface area contributed by atoms with Crippen molar-refractivity contribution in [1.82, 2.24) is 4.72 Å². The van der Waals surface area contributed by atoms with Gasteiger partial charge in [0.1, 0.15) is 5.92 Å². The van der Waals surface area contributed by atoms with E-state index in [0.717, 1.165) is 17.5 Å². The van der Waals surface area contributed by atoms with Crippen LogP contribution >= 0.6 is 0 Å². The van der Waals surface area contributed by atoms with Crippen molar-refractivity contribution >= 4 is 21.9 Å². The van der Waals surface area contributed by atoms with Gasteiger partial charge in [-0.1, -0.05) is 56.3 Å². The molecule has 1 atom stereocenters. The van der Waals surface area contributed by atoms with Gasteiger partial charge in [0.15, 0.2) is 0 Å². The summed E-state index contributed by atoms with van der Waals surface area (Å²) in [5.41, 5.74) is 1.75. The molecule has 0 aromatic heterocycles. The minimum Gasteiger partial charge on any atom is -0.465 e. The molecule has 0 saturated heterocycles. The summed E-state index contributed by atoms with van der Waals surface area (Å²) in [5, 5.41) is 0. The number of benzene rings is 2. The molecule has 0 heterocycles. The molecule has 1 N–H and O–H groups in total. The van der Waals surface area contributed by atoms with Gasteiger partial charge in [-0.15, -0.1) is 0 Å². The SMILES string of the molecule is CCOC(=O)C(Cc1ccccc1)C(=O)NS(=O)(=O)c1ccc(CC(C)C)cc1. The monoisotopic (exact) mass is 417 g/mol. The van der Waals surface area contributed by atoms with E-state index in [1.807, 2.05) is 10.8 Å². The summed E-state index contributed by atoms with van der Waals surface area (Å²) < 4.78 is 32.3. The maximum Gasteiger partial charge on any atom is 0.318 e. The molecular formula is C22H27NO5S. The highest BCUT2D eigenvalue weighted by molar-refractivity contribution is 7.90. The van der Waals surface area contributed by atoms with Gasteiger partial charge in [-0.25, -0.2) is 13.1 Å². The number of hydrogen-bond donors (Lipinski definition) is 1. The van der Waals surface area contributed by atoms with Crippen molar-refractivity contribution in [2.24, 2.45) is 11.8 Å². The van der Waals surface area contributed by atoms with Gasteiger partial charge in [-0.05, 0) is 48.9 Å². The number of ether oxygens (including phenoxy) is 1. The van der Waals surface area contributed by atoms with E-state index in [2.05, 4.69) is 13.8 Å². The highest BCUT2D eigenvalue weighted by Crippen LogP contribution is 2.16. The maximum absolute atomic E-state index is 12.7. The highest BCUT2D eigenvalue weighted by atomic mass is 32.2. The summed E-state index contributed by atoms with van der Waals surface area (Å²) in [7, 11) is -4.10. The van der Waals surface area contributed by atoms with Crippen molar-refractivity contribution in [3.8, 4) is 0 Å². The Morgan fingerprint density at radius 3 is 2.07 bits per heavy atom. The van der Waals surface area contributed by atoms with E-state index in [9.17, 15) is 18.0 Å². The molecule has 2 rings (SSSR count). The Morgan fingerprint density at radius 2 is 1.52 bits per heavy atom. The van der Waals surface area contributed by atoms with Crippen molar-refractivity contribution in [2.75, 3.05) is 6.61 Å². The molecule has 0 bridgehead atoms. The van der Waals surface area contributed by atoms with Crippen LogP contribution < -0.4 is 4.72 Å². The Hall–Kier alpha value is -2.67. The molecule has 2 aromatic carbocycles. The molecule has 7 heteroatoms. The topological polar surface area (TPSA) is 89.5 Å². The summed E-state index contributed by atoms with van der Waals surface area (Å²) >= 11 is 0.